The van der Waals surface area contributed by atoms with Crippen LogP contribution in [-0.4, -0.2) is 24.4 Å². The Morgan fingerprint density at radius 3 is 2.56 bits per heavy atom. The van der Waals surface area contributed by atoms with Crippen molar-refractivity contribution in [2.45, 2.75) is 31.7 Å². The van der Waals surface area contributed by atoms with Crippen molar-refractivity contribution in [3.63, 3.8) is 0 Å². The van der Waals surface area contributed by atoms with E-state index in [-0.39, 0.29) is 42.4 Å². The number of anilines is 2. The number of carbonyl (C=O) groups is 2. The Balaban J connectivity index is 0.00000261. The zero-order valence-corrected chi connectivity index (χ0v) is 15.7. The first-order chi connectivity index (χ1) is 12.6. The topological polar surface area (TPSA) is 70.2 Å². The van der Waals surface area contributed by atoms with Crippen molar-refractivity contribution < 1.29 is 14.0 Å². The minimum absolute atomic E-state index is 0. The molecule has 27 heavy (non-hydrogen) atoms. The van der Waals surface area contributed by atoms with Gasteiger partial charge in [-0.1, -0.05) is 36.8 Å². The lowest BCUT2D eigenvalue weighted by Crippen LogP contribution is -2.43. The average Bonchev–Trinajstić information content (AvgIpc) is 2.66. The van der Waals surface area contributed by atoms with Crippen molar-refractivity contribution >= 4 is 35.6 Å². The molecule has 0 saturated carbocycles. The molecule has 1 unspecified atom stereocenters. The summed E-state index contributed by atoms with van der Waals surface area (Å²) in [5, 5.41) is 8.52. The van der Waals surface area contributed by atoms with Crippen LogP contribution in [0.25, 0.3) is 0 Å². The molecule has 1 fully saturated rings. The van der Waals surface area contributed by atoms with Crippen molar-refractivity contribution in [1.29, 1.82) is 0 Å². The van der Waals surface area contributed by atoms with Gasteiger partial charge in [0.25, 0.3) is 0 Å². The molecular formula is C20H23ClFN3O2. The van der Waals surface area contributed by atoms with Gasteiger partial charge < -0.3 is 16.0 Å². The summed E-state index contributed by atoms with van der Waals surface area (Å²) in [6.07, 6.45) is 3.02. The lowest BCUT2D eigenvalue weighted by atomic mass is 10.0. The highest BCUT2D eigenvalue weighted by atomic mass is 35.5. The van der Waals surface area contributed by atoms with Crippen molar-refractivity contribution in [2.24, 2.45) is 0 Å². The van der Waals surface area contributed by atoms with Gasteiger partial charge in [0.2, 0.25) is 11.8 Å². The van der Waals surface area contributed by atoms with Gasteiger partial charge in [-0.3, -0.25) is 9.59 Å². The van der Waals surface area contributed by atoms with Crippen molar-refractivity contribution in [1.82, 2.24) is 5.32 Å². The standard InChI is InChI=1S/C20H22FN3O2.ClH/c21-16-10-9-15(23-20(26)17-8-4-5-11-22-17)13-18(16)24-19(25)12-14-6-2-1-3-7-14;/h1-3,6-7,9-10,13,17,22H,4-5,8,11-12H2,(H,23,26)(H,24,25);1H. The molecule has 0 aliphatic carbocycles. The maximum Gasteiger partial charge on any atom is 0.241 e. The Bertz CT molecular complexity index is 780. The highest BCUT2D eigenvalue weighted by Crippen LogP contribution is 2.21. The predicted molar refractivity (Wildman–Crippen MR) is 107 cm³/mol. The van der Waals surface area contributed by atoms with Crippen LogP contribution in [0.15, 0.2) is 48.5 Å². The quantitative estimate of drug-likeness (QED) is 0.730. The number of carbonyl (C=O) groups excluding carboxylic acids is 2. The van der Waals surface area contributed by atoms with Crippen molar-refractivity contribution in [3.05, 3.63) is 59.9 Å². The van der Waals surface area contributed by atoms with E-state index in [1.54, 1.807) is 0 Å². The van der Waals surface area contributed by atoms with Crippen LogP contribution in [0.3, 0.4) is 0 Å². The lowest BCUT2D eigenvalue weighted by Gasteiger charge is -2.22. The first-order valence-corrected chi connectivity index (χ1v) is 8.79. The normalized spacial score (nSPS) is 16.1. The number of hydrogen-bond acceptors (Lipinski definition) is 3. The molecule has 0 bridgehead atoms. The van der Waals surface area contributed by atoms with Gasteiger partial charge in [-0.05, 0) is 43.1 Å². The maximum atomic E-state index is 14.0. The summed E-state index contributed by atoms with van der Waals surface area (Å²) in [5.74, 6) is -0.995. The van der Waals surface area contributed by atoms with E-state index in [0.717, 1.165) is 31.4 Å². The molecule has 3 rings (SSSR count). The summed E-state index contributed by atoms with van der Waals surface area (Å²) in [7, 11) is 0. The molecule has 0 radical (unpaired) electrons. The average molecular weight is 392 g/mol. The monoisotopic (exact) mass is 391 g/mol. The molecule has 0 spiro atoms. The molecular weight excluding hydrogens is 369 g/mol. The van der Waals surface area contributed by atoms with E-state index in [4.69, 9.17) is 0 Å². The first kappa shape index (κ1) is 20.9. The number of rotatable bonds is 5. The molecule has 2 aromatic carbocycles. The summed E-state index contributed by atoms with van der Waals surface area (Å²) in [5.41, 5.74) is 1.36. The number of nitrogens with one attached hydrogen (secondary N) is 3. The Hall–Kier alpha value is -2.44. The number of hydrogen-bond donors (Lipinski definition) is 3. The van der Waals surface area contributed by atoms with Crippen LogP contribution < -0.4 is 16.0 Å². The summed E-state index contributed by atoms with van der Waals surface area (Å²) in [4.78, 5) is 24.4. The molecule has 1 aliphatic rings. The van der Waals surface area contributed by atoms with E-state index < -0.39 is 5.82 Å². The molecule has 1 heterocycles. The van der Waals surface area contributed by atoms with Gasteiger partial charge in [-0.25, -0.2) is 4.39 Å². The molecule has 0 aromatic heterocycles. The maximum absolute atomic E-state index is 14.0. The third-order valence-electron chi connectivity index (χ3n) is 4.34. The van der Waals surface area contributed by atoms with E-state index in [1.807, 2.05) is 30.3 Å². The van der Waals surface area contributed by atoms with Gasteiger partial charge in [0.1, 0.15) is 5.82 Å². The minimum Gasteiger partial charge on any atom is -0.325 e. The summed E-state index contributed by atoms with van der Waals surface area (Å²) < 4.78 is 14.0. The molecule has 2 amide bonds. The zero-order chi connectivity index (χ0) is 18.4. The van der Waals surface area contributed by atoms with Gasteiger partial charge in [0.05, 0.1) is 18.2 Å². The second-order valence-electron chi connectivity index (χ2n) is 6.40. The Kier molecular flexibility index (Phi) is 7.76. The van der Waals surface area contributed by atoms with Crippen LogP contribution in [0.4, 0.5) is 15.8 Å². The first-order valence-electron chi connectivity index (χ1n) is 8.79. The van der Waals surface area contributed by atoms with Crippen molar-refractivity contribution in [3.8, 4) is 0 Å². The number of amides is 2. The van der Waals surface area contributed by atoms with Gasteiger partial charge in [-0.15, -0.1) is 12.4 Å². The highest BCUT2D eigenvalue weighted by molar-refractivity contribution is 5.97. The number of benzene rings is 2. The third-order valence-corrected chi connectivity index (χ3v) is 4.34. The largest absolute Gasteiger partial charge is 0.325 e. The summed E-state index contributed by atoms with van der Waals surface area (Å²) >= 11 is 0. The van der Waals surface area contributed by atoms with Crippen LogP contribution in [-0.2, 0) is 16.0 Å². The molecule has 2 aromatic rings. The van der Waals surface area contributed by atoms with Crippen LogP contribution >= 0.6 is 12.4 Å². The van der Waals surface area contributed by atoms with E-state index >= 15 is 0 Å². The molecule has 144 valence electrons. The summed E-state index contributed by atoms with van der Waals surface area (Å²) in [6, 6.07) is 13.2. The predicted octanol–water partition coefficient (Wildman–Crippen LogP) is 3.51. The Morgan fingerprint density at radius 2 is 1.85 bits per heavy atom. The molecule has 1 saturated heterocycles. The van der Waals surface area contributed by atoms with Gasteiger partial charge >= 0.3 is 0 Å². The smallest absolute Gasteiger partial charge is 0.241 e. The molecule has 5 nitrogen and oxygen atoms in total. The van der Waals surface area contributed by atoms with Gasteiger partial charge in [0, 0.05) is 5.69 Å². The number of piperidine rings is 1. The van der Waals surface area contributed by atoms with E-state index in [9.17, 15) is 14.0 Å². The van der Waals surface area contributed by atoms with E-state index in [0.29, 0.717) is 5.69 Å². The Labute approximate surface area is 164 Å². The fraction of sp³-hybridized carbons (Fsp3) is 0.300. The SMILES string of the molecule is Cl.O=C(Cc1ccccc1)Nc1cc(NC(=O)C2CCCCN2)ccc1F. The minimum atomic E-state index is -0.541. The van der Waals surface area contributed by atoms with E-state index in [2.05, 4.69) is 16.0 Å². The van der Waals surface area contributed by atoms with Crippen molar-refractivity contribution in [2.75, 3.05) is 17.2 Å². The third kappa shape index (κ3) is 6.05. The Morgan fingerprint density at radius 1 is 1.07 bits per heavy atom. The second-order valence-corrected chi connectivity index (χ2v) is 6.40. The lowest BCUT2D eigenvalue weighted by molar-refractivity contribution is -0.118. The van der Waals surface area contributed by atoms with Crippen LogP contribution in [0.2, 0.25) is 0 Å². The molecule has 1 aliphatic heterocycles. The van der Waals surface area contributed by atoms with Crippen LogP contribution in [0.1, 0.15) is 24.8 Å². The highest BCUT2D eigenvalue weighted by Gasteiger charge is 2.20. The second kappa shape index (κ2) is 10.0. The molecule has 1 atom stereocenters. The fourth-order valence-corrected chi connectivity index (χ4v) is 2.98. The number of halogens is 2. The molecule has 7 heteroatoms. The van der Waals surface area contributed by atoms with E-state index in [1.165, 1.54) is 18.2 Å². The zero-order valence-electron chi connectivity index (χ0n) is 14.8. The fourth-order valence-electron chi connectivity index (χ4n) is 2.98. The van der Waals surface area contributed by atoms with Crippen LogP contribution in [0, 0.1) is 5.82 Å². The van der Waals surface area contributed by atoms with Crippen LogP contribution in [0.5, 0.6) is 0 Å². The van der Waals surface area contributed by atoms with Gasteiger partial charge in [-0.2, -0.15) is 0 Å². The van der Waals surface area contributed by atoms with Gasteiger partial charge in [0.15, 0.2) is 0 Å². The molecule has 3 N–H and O–H groups in total. The summed E-state index contributed by atoms with van der Waals surface area (Å²) in [6.45, 7) is 0.822.